The Balaban J connectivity index is 0.000000921. The van der Waals surface area contributed by atoms with Gasteiger partial charge in [0, 0.05) is 26.6 Å². The Kier molecular flexibility index (Phi) is 9.94. The summed E-state index contributed by atoms with van der Waals surface area (Å²) in [6.07, 6.45) is 0. The Labute approximate surface area is 128 Å². The van der Waals surface area contributed by atoms with Gasteiger partial charge in [0.15, 0.2) is 0 Å². The van der Waals surface area contributed by atoms with Crippen LogP contribution in [0.4, 0.5) is 0 Å². The summed E-state index contributed by atoms with van der Waals surface area (Å²) in [5, 5.41) is 0. The largest absolute Gasteiger partial charge is 0.335 e. The molecule has 0 aromatic heterocycles. The molecule has 2 amide bonds. The summed E-state index contributed by atoms with van der Waals surface area (Å²) in [4.78, 5) is 26.4. The molecule has 0 saturated carbocycles. The number of rotatable bonds is 2. The number of piperazine rings is 1. The van der Waals surface area contributed by atoms with E-state index >= 15 is 0 Å². The lowest BCUT2D eigenvalue weighted by molar-refractivity contribution is -0.144. The average Bonchev–Trinajstić information content (AvgIpc) is 2.54. The van der Waals surface area contributed by atoms with E-state index in [2.05, 4.69) is 0 Å². The summed E-state index contributed by atoms with van der Waals surface area (Å²) in [6.45, 7) is 11.6. The third kappa shape index (κ3) is 6.43. The summed E-state index contributed by atoms with van der Waals surface area (Å²) in [5.41, 5.74) is 1.12. The first-order chi connectivity index (χ1) is 10.2. The first-order valence-corrected chi connectivity index (χ1v) is 7.74. The van der Waals surface area contributed by atoms with E-state index in [1.165, 1.54) is 6.92 Å². The van der Waals surface area contributed by atoms with E-state index in [0.29, 0.717) is 19.6 Å². The first kappa shape index (κ1) is 19.2. The second-order valence-electron chi connectivity index (χ2n) is 4.24. The number of carbonyl (C=O) groups is 2. The van der Waals surface area contributed by atoms with Crippen molar-refractivity contribution in [2.45, 2.75) is 41.2 Å². The van der Waals surface area contributed by atoms with Gasteiger partial charge < -0.3 is 9.80 Å². The molecule has 1 saturated heterocycles. The van der Waals surface area contributed by atoms with Crippen molar-refractivity contribution in [2.75, 3.05) is 19.6 Å². The Bertz CT molecular complexity index is 418. The lowest BCUT2D eigenvalue weighted by atomic mass is 10.2. The fourth-order valence-electron chi connectivity index (χ4n) is 1.95. The molecule has 0 N–H and O–H groups in total. The minimum absolute atomic E-state index is 0.0234. The van der Waals surface area contributed by atoms with Crippen LogP contribution in [0.2, 0.25) is 0 Å². The summed E-state index contributed by atoms with van der Waals surface area (Å²) in [6, 6.07) is 9.89. The van der Waals surface area contributed by atoms with Gasteiger partial charge in [-0.05, 0) is 5.56 Å². The van der Waals surface area contributed by atoms with Crippen LogP contribution in [0.25, 0.3) is 0 Å². The number of benzene rings is 1. The molecule has 0 unspecified atom stereocenters. The highest BCUT2D eigenvalue weighted by atomic mass is 16.2. The van der Waals surface area contributed by atoms with Gasteiger partial charge in [-0.25, -0.2) is 0 Å². The number of amides is 2. The Morgan fingerprint density at radius 2 is 1.62 bits per heavy atom. The first-order valence-electron chi connectivity index (χ1n) is 7.74. The molecule has 0 bridgehead atoms. The molecule has 1 aliphatic rings. The van der Waals surface area contributed by atoms with Crippen molar-refractivity contribution in [1.29, 1.82) is 0 Å². The molecule has 118 valence electrons. The van der Waals surface area contributed by atoms with Crippen LogP contribution in [0.1, 0.15) is 40.2 Å². The minimum atomic E-state index is -0.0299. The molecule has 0 atom stereocenters. The fourth-order valence-corrected chi connectivity index (χ4v) is 1.95. The fraction of sp³-hybridized carbons (Fsp3) is 0.529. The highest BCUT2D eigenvalue weighted by Crippen LogP contribution is 2.09. The third-order valence-corrected chi connectivity index (χ3v) is 2.98. The number of hydrogen-bond acceptors (Lipinski definition) is 2. The molecule has 4 heteroatoms. The summed E-state index contributed by atoms with van der Waals surface area (Å²) < 4.78 is 0. The van der Waals surface area contributed by atoms with Crippen LogP contribution in [0.5, 0.6) is 0 Å². The van der Waals surface area contributed by atoms with Crippen molar-refractivity contribution in [1.82, 2.24) is 9.80 Å². The molecule has 1 aromatic carbocycles. The number of nitrogens with zero attached hydrogens (tertiary/aromatic N) is 2. The van der Waals surface area contributed by atoms with Gasteiger partial charge in [0.05, 0.1) is 6.54 Å². The van der Waals surface area contributed by atoms with Crippen LogP contribution < -0.4 is 0 Å². The van der Waals surface area contributed by atoms with Gasteiger partial charge in [-0.1, -0.05) is 58.0 Å². The monoisotopic (exact) mass is 292 g/mol. The molecule has 2 rings (SSSR count). The van der Waals surface area contributed by atoms with E-state index < -0.39 is 0 Å². The maximum Gasteiger partial charge on any atom is 0.242 e. The van der Waals surface area contributed by atoms with Gasteiger partial charge in [-0.3, -0.25) is 9.59 Å². The van der Waals surface area contributed by atoms with Crippen LogP contribution in [0.15, 0.2) is 30.3 Å². The lowest BCUT2D eigenvalue weighted by Crippen LogP contribution is -2.51. The molecule has 0 spiro atoms. The minimum Gasteiger partial charge on any atom is -0.335 e. The van der Waals surface area contributed by atoms with Crippen molar-refractivity contribution in [3.8, 4) is 0 Å². The van der Waals surface area contributed by atoms with Gasteiger partial charge >= 0.3 is 0 Å². The van der Waals surface area contributed by atoms with Crippen molar-refractivity contribution >= 4 is 11.8 Å². The van der Waals surface area contributed by atoms with Gasteiger partial charge in [-0.15, -0.1) is 0 Å². The Morgan fingerprint density at radius 3 is 2.10 bits per heavy atom. The predicted molar refractivity (Wildman–Crippen MR) is 86.8 cm³/mol. The van der Waals surface area contributed by atoms with Gasteiger partial charge in [0.25, 0.3) is 0 Å². The van der Waals surface area contributed by atoms with Crippen molar-refractivity contribution in [3.05, 3.63) is 35.9 Å². The van der Waals surface area contributed by atoms with Gasteiger partial charge in [-0.2, -0.15) is 0 Å². The third-order valence-electron chi connectivity index (χ3n) is 2.98. The van der Waals surface area contributed by atoms with Crippen LogP contribution in [-0.2, 0) is 16.1 Å². The quantitative estimate of drug-likeness (QED) is 0.841. The van der Waals surface area contributed by atoms with Crippen LogP contribution in [0, 0.1) is 0 Å². The molecule has 1 aromatic rings. The SMILES string of the molecule is CC.CC.CC(=O)N1CCN(Cc2ccccc2)C(=O)C1. The lowest BCUT2D eigenvalue weighted by Gasteiger charge is -2.33. The Morgan fingerprint density at radius 1 is 1.05 bits per heavy atom. The normalized spacial score (nSPS) is 13.7. The van der Waals surface area contributed by atoms with Crippen LogP contribution in [-0.4, -0.2) is 41.2 Å². The van der Waals surface area contributed by atoms with Gasteiger partial charge in [0.2, 0.25) is 11.8 Å². The molecule has 21 heavy (non-hydrogen) atoms. The van der Waals surface area contributed by atoms with Crippen LogP contribution in [0.3, 0.4) is 0 Å². The Hall–Kier alpha value is -1.84. The molecular formula is C17H28N2O2. The van der Waals surface area contributed by atoms with Crippen molar-refractivity contribution in [3.63, 3.8) is 0 Å². The van der Waals surface area contributed by atoms with Crippen molar-refractivity contribution in [2.24, 2.45) is 0 Å². The zero-order chi connectivity index (χ0) is 16.3. The maximum absolute atomic E-state index is 11.8. The van der Waals surface area contributed by atoms with E-state index in [1.54, 1.807) is 9.80 Å². The molecule has 0 aliphatic carbocycles. The van der Waals surface area contributed by atoms with Gasteiger partial charge in [0.1, 0.15) is 0 Å². The van der Waals surface area contributed by atoms with E-state index in [1.807, 2.05) is 58.0 Å². The second kappa shape index (κ2) is 10.9. The predicted octanol–water partition coefficient (Wildman–Crippen LogP) is 2.93. The van der Waals surface area contributed by atoms with E-state index in [9.17, 15) is 9.59 Å². The summed E-state index contributed by atoms with van der Waals surface area (Å²) in [5.74, 6) is -0.00647. The smallest absolute Gasteiger partial charge is 0.242 e. The zero-order valence-corrected chi connectivity index (χ0v) is 13.9. The molecule has 1 fully saturated rings. The zero-order valence-electron chi connectivity index (χ0n) is 13.9. The topological polar surface area (TPSA) is 40.6 Å². The van der Waals surface area contributed by atoms with Crippen LogP contribution >= 0.6 is 0 Å². The summed E-state index contributed by atoms with van der Waals surface area (Å²) >= 11 is 0. The summed E-state index contributed by atoms with van der Waals surface area (Å²) in [7, 11) is 0. The molecule has 1 aliphatic heterocycles. The standard InChI is InChI=1S/C13H16N2O2.2C2H6/c1-11(16)14-7-8-15(13(17)10-14)9-12-5-3-2-4-6-12;2*1-2/h2-6H,7-10H2,1H3;2*1-2H3. The highest BCUT2D eigenvalue weighted by molar-refractivity contribution is 5.85. The molecule has 0 radical (unpaired) electrons. The molecular weight excluding hydrogens is 264 g/mol. The molecule has 1 heterocycles. The highest BCUT2D eigenvalue weighted by Gasteiger charge is 2.24. The average molecular weight is 292 g/mol. The van der Waals surface area contributed by atoms with E-state index in [4.69, 9.17) is 0 Å². The number of hydrogen-bond donors (Lipinski definition) is 0. The van der Waals surface area contributed by atoms with E-state index in [-0.39, 0.29) is 18.4 Å². The number of carbonyl (C=O) groups excluding carboxylic acids is 2. The second-order valence-corrected chi connectivity index (χ2v) is 4.24. The van der Waals surface area contributed by atoms with E-state index in [0.717, 1.165) is 5.56 Å². The van der Waals surface area contributed by atoms with Crippen molar-refractivity contribution < 1.29 is 9.59 Å². The molecule has 4 nitrogen and oxygen atoms in total. The maximum atomic E-state index is 11.8.